The highest BCUT2D eigenvalue weighted by Gasteiger charge is 2.12. The highest BCUT2D eigenvalue weighted by molar-refractivity contribution is 7.47. The predicted octanol–water partition coefficient (Wildman–Crippen LogP) is 5.00. The van der Waals surface area contributed by atoms with Crippen molar-refractivity contribution in [2.45, 2.75) is 19.1 Å². The fourth-order valence-electron chi connectivity index (χ4n) is 0.350. The Bertz CT molecular complexity index is 218. The van der Waals surface area contributed by atoms with Gasteiger partial charge in [-0.3, -0.25) is 0 Å². The van der Waals surface area contributed by atoms with Crippen LogP contribution in [0.3, 0.4) is 0 Å². The third-order valence-corrected chi connectivity index (χ3v) is 4.07. The first-order valence-electron chi connectivity index (χ1n) is 2.85. The van der Waals surface area contributed by atoms with Gasteiger partial charge in [0.1, 0.15) is 5.28 Å². The highest BCUT2D eigenvalue weighted by atomic mass is 31.1. The predicted molar refractivity (Wildman–Crippen MR) is 51.5 cm³/mol. The molecule has 0 saturated heterocycles. The van der Waals surface area contributed by atoms with Gasteiger partial charge in [-0.25, -0.2) is 4.74 Å². The summed E-state index contributed by atoms with van der Waals surface area (Å²) in [6, 6.07) is 0. The molecule has 0 atom stereocenters. The molecular weight excluding hydrogens is 216 g/mol. The Morgan fingerprint density at radius 2 is 1.55 bits per heavy atom. The molecule has 11 heavy (non-hydrogen) atoms. The molecule has 58 valence electrons. The standard InChI is InChI=1S/C3H6N4P4/c1-3(2)4-9-6-11-7-10-5-8-3/h1-2H3. The molecule has 0 aliphatic carbocycles. The molecular formula is C3H6N4P4. The van der Waals surface area contributed by atoms with Crippen LogP contribution in [0.2, 0.25) is 0 Å². The van der Waals surface area contributed by atoms with Crippen LogP contribution in [-0.4, -0.2) is 5.28 Å². The molecule has 0 N–H and O–H groups in total. The maximum absolute atomic E-state index is 4.30. The largest absolute Gasteiger partial charge is 0.229 e. The molecule has 0 aromatic heterocycles. The van der Waals surface area contributed by atoms with E-state index in [1.807, 2.05) is 13.8 Å². The molecule has 0 saturated carbocycles. The van der Waals surface area contributed by atoms with Gasteiger partial charge in [0, 0.05) is 8.37 Å². The van der Waals surface area contributed by atoms with E-state index in [-0.39, 0.29) is 5.28 Å². The van der Waals surface area contributed by atoms with Gasteiger partial charge in [-0.1, -0.05) is 0 Å². The fraction of sp³-hybridized carbons (Fsp3) is 1.00. The summed E-state index contributed by atoms with van der Waals surface area (Å²) in [6.45, 7) is 4.08. The van der Waals surface area contributed by atoms with Crippen LogP contribution >= 0.6 is 33.9 Å². The molecule has 1 rings (SSSR count). The monoisotopic (exact) mass is 222 g/mol. The van der Waals surface area contributed by atoms with E-state index in [4.69, 9.17) is 0 Å². The van der Waals surface area contributed by atoms with Gasteiger partial charge in [0.25, 0.3) is 0 Å². The zero-order valence-electron chi connectivity index (χ0n) is 6.08. The van der Waals surface area contributed by atoms with E-state index in [0.29, 0.717) is 0 Å². The first-order valence-corrected chi connectivity index (χ1v) is 6.09. The summed E-state index contributed by atoms with van der Waals surface area (Å²) in [5.41, 5.74) is 0. The molecule has 0 bridgehead atoms. The Morgan fingerprint density at radius 1 is 0.909 bits per heavy atom. The highest BCUT2D eigenvalue weighted by Crippen LogP contribution is 2.35. The van der Waals surface area contributed by atoms with Gasteiger partial charge in [0.05, 0.1) is 0 Å². The molecule has 1 heterocycles. The zero-order valence-corrected chi connectivity index (χ0v) is 9.66. The molecule has 4 nitrogen and oxygen atoms in total. The summed E-state index contributed by atoms with van der Waals surface area (Å²) in [5, 5.41) is -0.104. The summed E-state index contributed by atoms with van der Waals surface area (Å²) in [7, 11) is 3.24. The molecule has 0 amide bonds. The van der Waals surface area contributed by atoms with E-state index in [1.54, 1.807) is 0 Å². The summed E-state index contributed by atoms with van der Waals surface area (Å²) >= 11 is 0. The van der Waals surface area contributed by atoms with Gasteiger partial charge in [0.15, 0.2) is 25.6 Å². The second-order valence-corrected chi connectivity index (χ2v) is 6.41. The summed E-state index contributed by atoms with van der Waals surface area (Å²) in [5.74, 6) is 0. The quantitative estimate of drug-likeness (QED) is 0.517. The molecule has 8 heteroatoms. The molecule has 0 aromatic rings. The number of hydrogen-bond acceptors (Lipinski definition) is 4. The van der Waals surface area contributed by atoms with Crippen molar-refractivity contribution in [3.8, 4) is 0 Å². The van der Waals surface area contributed by atoms with Crippen LogP contribution in [0.5, 0.6) is 0 Å². The zero-order chi connectivity index (χ0) is 8.16. The lowest BCUT2D eigenvalue weighted by Crippen LogP contribution is -2.02. The van der Waals surface area contributed by atoms with Crippen LogP contribution in [0.1, 0.15) is 13.8 Å². The Balaban J connectivity index is 2.86. The molecule has 1 aliphatic rings. The third kappa shape index (κ3) is 4.09. The normalized spacial score (nSPS) is 26.7. The second-order valence-electron chi connectivity index (χ2n) is 2.23. The summed E-state index contributed by atoms with van der Waals surface area (Å²) in [4.78, 5) is 0. The van der Waals surface area contributed by atoms with Gasteiger partial charge in [-0.05, 0) is 13.8 Å². The fourth-order valence-corrected chi connectivity index (χ4v) is 3.26. The SMILES string of the molecule is CC1(C)N=PN=PN=PN=P1. The number of rotatable bonds is 0. The minimum atomic E-state index is -0.104. The van der Waals surface area contributed by atoms with Crippen LogP contribution in [0.15, 0.2) is 18.3 Å². The summed E-state index contributed by atoms with van der Waals surface area (Å²) in [6.07, 6.45) is 0. The first kappa shape index (κ1) is 9.49. The minimum Gasteiger partial charge on any atom is -0.229 e. The molecule has 0 unspecified atom stereocenters. The lowest BCUT2D eigenvalue weighted by molar-refractivity contribution is 0.770. The molecule has 0 aromatic carbocycles. The van der Waals surface area contributed by atoms with Crippen LogP contribution in [0, 0.1) is 0 Å². The van der Waals surface area contributed by atoms with Crippen molar-refractivity contribution in [1.82, 2.24) is 0 Å². The molecule has 0 fully saturated rings. The molecule has 0 radical (unpaired) electrons. The molecule has 0 spiro atoms. The topological polar surface area (TPSA) is 49.4 Å². The smallest absolute Gasteiger partial charge is 0.165 e. The van der Waals surface area contributed by atoms with E-state index in [0.717, 1.165) is 33.9 Å². The minimum absolute atomic E-state index is 0.104. The van der Waals surface area contributed by atoms with E-state index >= 15 is 0 Å². The Hall–Kier alpha value is 0.400. The van der Waals surface area contributed by atoms with Crippen molar-refractivity contribution in [3.05, 3.63) is 0 Å². The Kier molecular flexibility index (Phi) is 3.82. The Morgan fingerprint density at radius 3 is 2.36 bits per heavy atom. The average Bonchev–Trinajstić information content (AvgIpc) is 2.00. The lowest BCUT2D eigenvalue weighted by Gasteiger charge is -2.07. The number of nitrogens with zero attached hydrogens (tertiary/aromatic N) is 4. The number of hydrogen-bond donors (Lipinski definition) is 0. The van der Waals surface area contributed by atoms with Crippen LogP contribution in [-0.2, 0) is 0 Å². The van der Waals surface area contributed by atoms with Crippen molar-refractivity contribution >= 4 is 33.9 Å². The van der Waals surface area contributed by atoms with Gasteiger partial charge in [-0.15, -0.1) is 0 Å². The maximum Gasteiger partial charge on any atom is 0.165 e. The van der Waals surface area contributed by atoms with E-state index in [2.05, 4.69) is 18.3 Å². The van der Waals surface area contributed by atoms with Crippen molar-refractivity contribution < 1.29 is 0 Å². The van der Waals surface area contributed by atoms with Gasteiger partial charge < -0.3 is 0 Å². The van der Waals surface area contributed by atoms with Crippen LogP contribution in [0.25, 0.3) is 0 Å². The van der Waals surface area contributed by atoms with E-state index in [1.165, 1.54) is 0 Å². The van der Waals surface area contributed by atoms with Crippen molar-refractivity contribution in [2.75, 3.05) is 0 Å². The first-order chi connectivity index (χ1) is 5.21. The van der Waals surface area contributed by atoms with Crippen LogP contribution in [0.4, 0.5) is 0 Å². The van der Waals surface area contributed by atoms with Crippen LogP contribution < -0.4 is 0 Å². The van der Waals surface area contributed by atoms with Gasteiger partial charge in [0.2, 0.25) is 0 Å². The van der Waals surface area contributed by atoms with Gasteiger partial charge >= 0.3 is 0 Å². The van der Waals surface area contributed by atoms with E-state index in [9.17, 15) is 0 Å². The van der Waals surface area contributed by atoms with E-state index < -0.39 is 0 Å². The lowest BCUT2D eigenvalue weighted by atomic mass is 10.4. The molecule has 1 aliphatic heterocycles. The second kappa shape index (κ2) is 4.43. The summed E-state index contributed by atoms with van der Waals surface area (Å²) < 4.78 is 16.5. The van der Waals surface area contributed by atoms with Crippen molar-refractivity contribution in [3.63, 3.8) is 0 Å². The third-order valence-electron chi connectivity index (χ3n) is 0.779. The van der Waals surface area contributed by atoms with Gasteiger partial charge in [-0.2, -0.15) is 13.5 Å². The van der Waals surface area contributed by atoms with Crippen molar-refractivity contribution in [1.29, 1.82) is 0 Å². The Labute approximate surface area is 71.9 Å². The average molecular weight is 222 g/mol. The maximum atomic E-state index is 4.30. The van der Waals surface area contributed by atoms with Crippen molar-refractivity contribution in [2.24, 2.45) is 18.3 Å².